The monoisotopic (exact) mass is 506 g/mol. The Kier molecular flexibility index (Phi) is 7.53. The summed E-state index contributed by atoms with van der Waals surface area (Å²) >= 11 is 0. The molecule has 0 radical (unpaired) electrons. The smallest absolute Gasteiger partial charge is 0.334 e. The van der Waals surface area contributed by atoms with E-state index in [2.05, 4.69) is 6.58 Å². The lowest BCUT2D eigenvalue weighted by Crippen LogP contribution is -2.62. The molecule has 14 heteroatoms. The van der Waals surface area contributed by atoms with E-state index in [0.29, 0.717) is 0 Å². The van der Waals surface area contributed by atoms with E-state index in [1.54, 1.807) is 0 Å². The summed E-state index contributed by atoms with van der Waals surface area (Å²) in [6.45, 7) is 1.79. The standard InChI is InChI=1S/C21H30O14/c1-7-10(24)2-8-9(17(28)29)4-31-18(12(7)8)35-19-15(14(26)13(25)11(3-22)33-19)34-20-16(27)21(30,5-23)6-32-20/h4,8,10-16,18-20,22-27,30H,1-3,5-6H2,(H,28,29). The molecule has 12 unspecified atom stereocenters. The summed E-state index contributed by atoms with van der Waals surface area (Å²) in [4.78, 5) is 11.6. The second kappa shape index (κ2) is 9.99. The first-order valence-electron chi connectivity index (χ1n) is 11.0. The van der Waals surface area contributed by atoms with Crippen LogP contribution in [-0.4, -0.2) is 128 Å². The molecule has 0 amide bonds. The summed E-state index contributed by atoms with van der Waals surface area (Å²) in [5.41, 5.74) is -1.84. The van der Waals surface area contributed by atoms with Gasteiger partial charge in [-0.05, 0) is 12.0 Å². The number of hydrogen-bond acceptors (Lipinski definition) is 13. The van der Waals surface area contributed by atoms with Crippen LogP contribution in [0.3, 0.4) is 0 Å². The Bertz CT molecular complexity index is 848. The Balaban J connectivity index is 1.58. The topological polar surface area (TPSA) is 225 Å². The van der Waals surface area contributed by atoms with E-state index in [4.69, 9.17) is 23.7 Å². The predicted molar refractivity (Wildman–Crippen MR) is 109 cm³/mol. The lowest BCUT2D eigenvalue weighted by molar-refractivity contribution is -0.363. The van der Waals surface area contributed by atoms with Gasteiger partial charge in [0.25, 0.3) is 0 Å². The highest BCUT2D eigenvalue weighted by Gasteiger charge is 2.55. The Morgan fingerprint density at radius 3 is 2.43 bits per heavy atom. The Morgan fingerprint density at radius 2 is 1.83 bits per heavy atom. The van der Waals surface area contributed by atoms with Crippen LogP contribution >= 0.6 is 0 Å². The third-order valence-corrected chi connectivity index (χ3v) is 7.00. The number of aliphatic hydroxyl groups excluding tert-OH is 6. The molecule has 8 N–H and O–H groups in total. The van der Waals surface area contributed by atoms with Crippen molar-refractivity contribution >= 4 is 5.97 Å². The van der Waals surface area contributed by atoms with Crippen LogP contribution in [0.5, 0.6) is 0 Å². The largest absolute Gasteiger partial charge is 0.478 e. The first-order chi connectivity index (χ1) is 16.5. The van der Waals surface area contributed by atoms with E-state index < -0.39 is 98.7 Å². The van der Waals surface area contributed by atoms with Crippen molar-refractivity contribution in [2.24, 2.45) is 11.8 Å². The highest BCUT2D eigenvalue weighted by atomic mass is 16.8. The zero-order chi connectivity index (χ0) is 25.7. The number of hydrogen-bond donors (Lipinski definition) is 8. The molecular weight excluding hydrogens is 476 g/mol. The number of carboxylic acid groups (broad SMARTS) is 1. The molecule has 1 saturated carbocycles. The van der Waals surface area contributed by atoms with Crippen molar-refractivity contribution in [2.45, 2.75) is 67.5 Å². The maximum absolute atomic E-state index is 11.6. The summed E-state index contributed by atoms with van der Waals surface area (Å²) in [5.74, 6) is -2.74. The molecule has 3 fully saturated rings. The molecule has 2 saturated heterocycles. The fourth-order valence-corrected chi connectivity index (χ4v) is 4.85. The summed E-state index contributed by atoms with van der Waals surface area (Å²) < 4.78 is 27.7. The third kappa shape index (κ3) is 4.60. The number of carbonyl (C=O) groups is 1. The molecular formula is C21H30O14. The lowest BCUT2D eigenvalue weighted by atomic mass is 9.85. The zero-order valence-corrected chi connectivity index (χ0v) is 18.5. The van der Waals surface area contributed by atoms with Crippen molar-refractivity contribution in [2.75, 3.05) is 19.8 Å². The number of fused-ring (bicyclic) bond motifs is 1. The van der Waals surface area contributed by atoms with E-state index in [1.807, 2.05) is 0 Å². The van der Waals surface area contributed by atoms with Gasteiger partial charge in [0.05, 0.1) is 43.7 Å². The highest BCUT2D eigenvalue weighted by Crippen LogP contribution is 2.47. The van der Waals surface area contributed by atoms with Crippen molar-refractivity contribution in [3.05, 3.63) is 24.0 Å². The summed E-state index contributed by atoms with van der Waals surface area (Å²) in [5, 5.41) is 80.2. The van der Waals surface area contributed by atoms with Gasteiger partial charge in [0.1, 0.15) is 36.1 Å². The number of ether oxygens (including phenoxy) is 5. The van der Waals surface area contributed by atoms with Crippen LogP contribution in [0.4, 0.5) is 0 Å². The first kappa shape index (κ1) is 26.4. The van der Waals surface area contributed by atoms with Crippen LogP contribution in [0.2, 0.25) is 0 Å². The average Bonchev–Trinajstić information content (AvgIpc) is 3.29. The van der Waals surface area contributed by atoms with Crippen LogP contribution in [0.1, 0.15) is 6.42 Å². The van der Waals surface area contributed by atoms with Crippen molar-refractivity contribution in [1.29, 1.82) is 0 Å². The maximum Gasteiger partial charge on any atom is 0.334 e. The number of aliphatic hydroxyl groups is 7. The van der Waals surface area contributed by atoms with Gasteiger partial charge in [0, 0.05) is 5.92 Å². The Hall–Kier alpha value is -1.69. The van der Waals surface area contributed by atoms with Crippen LogP contribution in [-0.2, 0) is 28.5 Å². The van der Waals surface area contributed by atoms with Gasteiger partial charge in [-0.2, -0.15) is 0 Å². The van der Waals surface area contributed by atoms with Gasteiger partial charge in [-0.25, -0.2) is 4.79 Å². The molecule has 0 spiro atoms. The minimum atomic E-state index is -2.02. The van der Waals surface area contributed by atoms with E-state index >= 15 is 0 Å². The fourth-order valence-electron chi connectivity index (χ4n) is 4.85. The second-order valence-corrected chi connectivity index (χ2v) is 9.17. The van der Waals surface area contributed by atoms with Gasteiger partial charge in [0.2, 0.25) is 6.29 Å². The molecule has 3 aliphatic heterocycles. The molecule has 14 nitrogen and oxygen atoms in total. The molecule has 4 rings (SSSR count). The molecule has 0 aromatic heterocycles. The van der Waals surface area contributed by atoms with Gasteiger partial charge in [-0.3, -0.25) is 0 Å². The molecule has 4 aliphatic rings. The molecule has 35 heavy (non-hydrogen) atoms. The predicted octanol–water partition coefficient (Wildman–Crippen LogP) is -3.85. The Morgan fingerprint density at radius 1 is 1.11 bits per heavy atom. The molecule has 0 bridgehead atoms. The molecule has 1 aliphatic carbocycles. The van der Waals surface area contributed by atoms with E-state index in [1.165, 1.54) is 0 Å². The van der Waals surface area contributed by atoms with Crippen molar-refractivity contribution in [3.63, 3.8) is 0 Å². The quantitative estimate of drug-likeness (QED) is 0.155. The lowest BCUT2D eigenvalue weighted by Gasteiger charge is -2.44. The van der Waals surface area contributed by atoms with Crippen LogP contribution < -0.4 is 0 Å². The second-order valence-electron chi connectivity index (χ2n) is 9.17. The number of rotatable bonds is 7. The van der Waals surface area contributed by atoms with Gasteiger partial charge >= 0.3 is 5.97 Å². The Labute approximate surface area is 199 Å². The number of aliphatic carboxylic acids is 1. The number of carboxylic acids is 1. The summed E-state index contributed by atoms with van der Waals surface area (Å²) in [7, 11) is 0. The fraction of sp³-hybridized carbons (Fsp3) is 0.762. The van der Waals surface area contributed by atoms with Crippen LogP contribution in [0, 0.1) is 11.8 Å². The summed E-state index contributed by atoms with van der Waals surface area (Å²) in [6, 6.07) is 0. The maximum atomic E-state index is 11.6. The SMILES string of the molecule is C=C1C(O)CC2C(C(=O)O)=COC(OC3OC(CO)C(O)C(O)C3OC3OCC(O)(CO)C3O)C12. The van der Waals surface area contributed by atoms with Gasteiger partial charge in [0.15, 0.2) is 12.6 Å². The van der Waals surface area contributed by atoms with E-state index in [0.717, 1.165) is 6.26 Å². The molecule has 3 heterocycles. The van der Waals surface area contributed by atoms with Crippen molar-refractivity contribution < 1.29 is 69.3 Å². The van der Waals surface area contributed by atoms with Crippen LogP contribution in [0.25, 0.3) is 0 Å². The average molecular weight is 506 g/mol. The van der Waals surface area contributed by atoms with E-state index in [-0.39, 0.29) is 17.6 Å². The minimum absolute atomic E-state index is 0.0682. The van der Waals surface area contributed by atoms with Crippen LogP contribution in [0.15, 0.2) is 24.0 Å². The molecule has 0 aromatic carbocycles. The van der Waals surface area contributed by atoms with Gasteiger partial charge in [-0.15, -0.1) is 0 Å². The molecule has 198 valence electrons. The zero-order valence-electron chi connectivity index (χ0n) is 18.5. The normalized spacial score (nSPS) is 47.8. The minimum Gasteiger partial charge on any atom is -0.478 e. The van der Waals surface area contributed by atoms with Crippen molar-refractivity contribution in [3.8, 4) is 0 Å². The van der Waals surface area contributed by atoms with Gasteiger partial charge < -0.3 is 64.5 Å². The highest BCUT2D eigenvalue weighted by molar-refractivity contribution is 5.87. The summed E-state index contributed by atoms with van der Waals surface area (Å²) in [6.07, 6.45) is -12.3. The van der Waals surface area contributed by atoms with Gasteiger partial charge in [-0.1, -0.05) is 6.58 Å². The molecule has 12 atom stereocenters. The first-order valence-corrected chi connectivity index (χ1v) is 11.0. The molecule has 0 aromatic rings. The third-order valence-electron chi connectivity index (χ3n) is 7.00. The van der Waals surface area contributed by atoms with E-state index in [9.17, 15) is 45.6 Å². The van der Waals surface area contributed by atoms with Crippen molar-refractivity contribution in [1.82, 2.24) is 0 Å².